The fraction of sp³-hybridized carbons (Fsp3) is 0.143. The third-order valence-corrected chi connectivity index (χ3v) is 3.41. The molecule has 0 unspecified atom stereocenters. The van der Waals surface area contributed by atoms with E-state index in [1.54, 1.807) is 0 Å². The van der Waals surface area contributed by atoms with Crippen molar-refractivity contribution in [1.29, 1.82) is 0 Å². The monoisotopic (exact) mass is 293 g/mol. The number of nitrogens with two attached hydrogens (primary N) is 3. The number of benzene rings is 2. The van der Waals surface area contributed by atoms with Crippen LogP contribution >= 0.6 is 0 Å². The van der Waals surface area contributed by atoms with E-state index in [0.29, 0.717) is 5.69 Å². The lowest BCUT2D eigenvalue weighted by Gasteiger charge is -1.96. The first kappa shape index (κ1) is 16.2. The Balaban J connectivity index is 0.000000204. The molecule has 0 saturated heterocycles. The minimum Gasteiger partial charge on any atom is -0.399 e. The van der Waals surface area contributed by atoms with E-state index in [4.69, 9.17) is 16.6 Å². The molecule has 0 aliphatic heterocycles. The van der Waals surface area contributed by atoms with Crippen LogP contribution in [0.1, 0.15) is 5.56 Å². The molecule has 0 bridgehead atoms. The van der Waals surface area contributed by atoms with Crippen LogP contribution in [0.5, 0.6) is 0 Å². The molecule has 0 aliphatic rings. The predicted molar refractivity (Wildman–Crippen MR) is 81.4 cm³/mol. The molecule has 0 aromatic heterocycles. The second-order valence-electron chi connectivity index (χ2n) is 4.14. The van der Waals surface area contributed by atoms with Gasteiger partial charge in [0.05, 0.1) is 4.90 Å². The van der Waals surface area contributed by atoms with E-state index in [9.17, 15) is 8.42 Å². The van der Waals surface area contributed by atoms with Gasteiger partial charge in [-0.25, -0.2) is 13.6 Å². The van der Waals surface area contributed by atoms with Crippen LogP contribution < -0.4 is 16.6 Å². The van der Waals surface area contributed by atoms with E-state index in [0.717, 1.165) is 13.0 Å². The summed E-state index contributed by atoms with van der Waals surface area (Å²) in [6.07, 6.45) is 0.987. The van der Waals surface area contributed by atoms with Crippen molar-refractivity contribution >= 4 is 15.7 Å². The molecular formula is C14H19N3O2S. The second-order valence-corrected chi connectivity index (χ2v) is 5.70. The average molecular weight is 293 g/mol. The van der Waals surface area contributed by atoms with Gasteiger partial charge in [-0.3, -0.25) is 0 Å². The lowest BCUT2D eigenvalue weighted by molar-refractivity contribution is 0.598. The molecule has 0 heterocycles. The quantitative estimate of drug-likeness (QED) is 0.736. The zero-order chi connectivity index (χ0) is 15.0. The van der Waals surface area contributed by atoms with Gasteiger partial charge in [0, 0.05) is 5.69 Å². The Bertz CT molecular complexity index is 611. The van der Waals surface area contributed by atoms with Crippen molar-refractivity contribution < 1.29 is 8.42 Å². The molecule has 0 fully saturated rings. The number of primary sulfonamides is 1. The van der Waals surface area contributed by atoms with Crippen LogP contribution in [0.4, 0.5) is 5.69 Å². The van der Waals surface area contributed by atoms with Gasteiger partial charge in [0.25, 0.3) is 0 Å². The SMILES string of the molecule is NCCc1ccccc1.Nc1ccc(S(N)(=O)=O)cc1. The van der Waals surface area contributed by atoms with Crippen LogP contribution in [0, 0.1) is 0 Å². The van der Waals surface area contributed by atoms with Crippen LogP contribution in [-0.4, -0.2) is 15.0 Å². The Morgan fingerprint density at radius 2 is 1.45 bits per heavy atom. The van der Waals surface area contributed by atoms with E-state index in [2.05, 4.69) is 12.1 Å². The summed E-state index contributed by atoms with van der Waals surface area (Å²) in [6, 6.07) is 16.0. The van der Waals surface area contributed by atoms with Gasteiger partial charge in [0.2, 0.25) is 10.0 Å². The summed E-state index contributed by atoms with van der Waals surface area (Å²) < 4.78 is 21.4. The molecule has 0 atom stereocenters. The van der Waals surface area contributed by atoms with Gasteiger partial charge in [0.1, 0.15) is 0 Å². The zero-order valence-electron chi connectivity index (χ0n) is 11.1. The summed E-state index contributed by atoms with van der Waals surface area (Å²) in [5, 5.41) is 4.84. The molecule has 2 rings (SSSR count). The van der Waals surface area contributed by atoms with Gasteiger partial charge in [-0.05, 0) is 42.8 Å². The molecule has 0 spiro atoms. The van der Waals surface area contributed by atoms with Gasteiger partial charge < -0.3 is 11.5 Å². The van der Waals surface area contributed by atoms with Crippen LogP contribution in [0.15, 0.2) is 59.5 Å². The Hall–Kier alpha value is -1.89. The highest BCUT2D eigenvalue weighted by Crippen LogP contribution is 2.08. The van der Waals surface area contributed by atoms with Crippen LogP contribution in [0.3, 0.4) is 0 Å². The first-order valence-corrected chi connectivity index (χ1v) is 7.60. The minimum atomic E-state index is -3.58. The summed E-state index contributed by atoms with van der Waals surface area (Å²) >= 11 is 0. The minimum absolute atomic E-state index is 0.0756. The largest absolute Gasteiger partial charge is 0.399 e. The van der Waals surface area contributed by atoms with Gasteiger partial charge in [-0.2, -0.15) is 0 Å². The molecule has 0 aliphatic carbocycles. The van der Waals surface area contributed by atoms with E-state index in [1.165, 1.54) is 29.8 Å². The Kier molecular flexibility index (Phi) is 6.17. The number of hydrogen-bond acceptors (Lipinski definition) is 4. The number of hydrogen-bond donors (Lipinski definition) is 3. The highest BCUT2D eigenvalue weighted by molar-refractivity contribution is 7.89. The molecule has 0 saturated carbocycles. The van der Waals surface area contributed by atoms with Gasteiger partial charge in [-0.1, -0.05) is 30.3 Å². The Labute approximate surface area is 119 Å². The molecule has 2 aromatic rings. The van der Waals surface area contributed by atoms with Gasteiger partial charge in [0.15, 0.2) is 0 Å². The molecule has 6 heteroatoms. The van der Waals surface area contributed by atoms with Crippen molar-refractivity contribution in [2.75, 3.05) is 12.3 Å². The van der Waals surface area contributed by atoms with Crippen molar-refractivity contribution in [3.63, 3.8) is 0 Å². The van der Waals surface area contributed by atoms with Gasteiger partial charge in [-0.15, -0.1) is 0 Å². The van der Waals surface area contributed by atoms with Gasteiger partial charge >= 0.3 is 0 Å². The summed E-state index contributed by atoms with van der Waals surface area (Å²) in [5.74, 6) is 0. The molecule has 6 N–H and O–H groups in total. The highest BCUT2D eigenvalue weighted by atomic mass is 32.2. The normalized spacial score (nSPS) is 10.5. The molecule has 2 aromatic carbocycles. The fourth-order valence-electron chi connectivity index (χ4n) is 1.47. The van der Waals surface area contributed by atoms with E-state index in [1.807, 2.05) is 18.2 Å². The molecule has 0 radical (unpaired) electrons. The summed E-state index contributed by atoms with van der Waals surface area (Å²) in [7, 11) is -3.58. The summed E-state index contributed by atoms with van der Waals surface area (Å²) in [4.78, 5) is 0.0756. The van der Waals surface area contributed by atoms with E-state index < -0.39 is 10.0 Å². The zero-order valence-corrected chi connectivity index (χ0v) is 11.9. The van der Waals surface area contributed by atoms with Crippen LogP contribution in [0.2, 0.25) is 0 Å². The molecule has 20 heavy (non-hydrogen) atoms. The molecule has 108 valence electrons. The maximum Gasteiger partial charge on any atom is 0.238 e. The standard InChI is InChI=1S/C8H11N.C6H8N2O2S/c9-7-6-8-4-2-1-3-5-8;7-5-1-3-6(4-2-5)11(8,9)10/h1-5H,6-7,9H2;1-4H,7H2,(H2,8,9,10). The summed E-state index contributed by atoms with van der Waals surface area (Å²) in [5.41, 5.74) is 12.5. The maximum atomic E-state index is 10.7. The second kappa shape index (κ2) is 7.64. The van der Waals surface area contributed by atoms with Crippen LogP contribution in [-0.2, 0) is 16.4 Å². The summed E-state index contributed by atoms with van der Waals surface area (Å²) in [6.45, 7) is 0.740. The van der Waals surface area contributed by atoms with Crippen molar-refractivity contribution in [1.82, 2.24) is 0 Å². The number of anilines is 1. The van der Waals surface area contributed by atoms with E-state index >= 15 is 0 Å². The Morgan fingerprint density at radius 3 is 1.90 bits per heavy atom. The van der Waals surface area contributed by atoms with Crippen molar-refractivity contribution in [3.05, 3.63) is 60.2 Å². The molecule has 0 amide bonds. The molecule has 5 nitrogen and oxygen atoms in total. The maximum absolute atomic E-state index is 10.7. The highest BCUT2D eigenvalue weighted by Gasteiger charge is 2.04. The average Bonchev–Trinajstić information content (AvgIpc) is 2.40. The Morgan fingerprint density at radius 1 is 0.900 bits per heavy atom. The van der Waals surface area contributed by atoms with E-state index in [-0.39, 0.29) is 4.90 Å². The van der Waals surface area contributed by atoms with Crippen molar-refractivity contribution in [3.8, 4) is 0 Å². The topological polar surface area (TPSA) is 112 Å². The first-order valence-electron chi connectivity index (χ1n) is 6.06. The van der Waals surface area contributed by atoms with Crippen LogP contribution in [0.25, 0.3) is 0 Å². The number of sulfonamides is 1. The number of nitrogen functional groups attached to an aromatic ring is 1. The fourth-order valence-corrected chi connectivity index (χ4v) is 1.98. The first-order chi connectivity index (χ1) is 9.43. The molecular weight excluding hydrogens is 274 g/mol. The third-order valence-electron chi connectivity index (χ3n) is 2.48. The third kappa shape index (κ3) is 5.83. The van der Waals surface area contributed by atoms with Crippen molar-refractivity contribution in [2.24, 2.45) is 10.9 Å². The smallest absolute Gasteiger partial charge is 0.238 e. The van der Waals surface area contributed by atoms with Crippen molar-refractivity contribution in [2.45, 2.75) is 11.3 Å². The predicted octanol–water partition coefficient (Wildman–Crippen LogP) is 1.10. The lowest BCUT2D eigenvalue weighted by atomic mass is 10.2. The lowest BCUT2D eigenvalue weighted by Crippen LogP contribution is -2.11. The number of rotatable bonds is 3.